The number of quaternary nitrogens is 1. The predicted octanol–water partition coefficient (Wildman–Crippen LogP) is 3.02. The molecule has 7 nitrogen and oxygen atoms in total. The number of hydrogen-bond donors (Lipinski definition) is 2. The lowest BCUT2D eigenvalue weighted by Gasteiger charge is -2.48. The summed E-state index contributed by atoms with van der Waals surface area (Å²) in [6.45, 7) is 3.24. The van der Waals surface area contributed by atoms with Crippen molar-refractivity contribution in [3.05, 3.63) is 76.2 Å². The standard InChI is InChI=1S/C26H31ClN4O3S/c1-18-30-24(17-31(18)2)35(32,33)29-14-15-34-22-9-4-19-10-13-28-25(23(19)16-22)26(11-3-12-26)20-5-7-21(27)8-6-20/h4-9,16-17,25,28-29H,3,10-15H2,1-2H3/p+1. The molecule has 0 bridgehead atoms. The van der Waals surface area contributed by atoms with Crippen molar-refractivity contribution >= 4 is 21.6 Å². The summed E-state index contributed by atoms with van der Waals surface area (Å²) in [4.78, 5) is 4.10. The highest BCUT2D eigenvalue weighted by Crippen LogP contribution is 2.52. The first kappa shape index (κ1) is 24.3. The first-order chi connectivity index (χ1) is 16.8. The minimum atomic E-state index is -3.66. The van der Waals surface area contributed by atoms with Crippen molar-refractivity contribution in [2.24, 2.45) is 7.05 Å². The highest BCUT2D eigenvalue weighted by atomic mass is 35.5. The van der Waals surface area contributed by atoms with Crippen molar-refractivity contribution in [2.45, 2.75) is 49.1 Å². The number of nitrogens with zero attached hydrogens (tertiary/aromatic N) is 2. The first-order valence-electron chi connectivity index (χ1n) is 12.1. The summed E-state index contributed by atoms with van der Waals surface area (Å²) in [5, 5.41) is 3.27. The van der Waals surface area contributed by atoms with E-state index in [0.29, 0.717) is 11.9 Å². The molecule has 3 aromatic rings. The van der Waals surface area contributed by atoms with E-state index in [1.807, 2.05) is 18.2 Å². The van der Waals surface area contributed by atoms with Crippen LogP contribution in [0.25, 0.3) is 0 Å². The molecule has 2 aromatic carbocycles. The maximum atomic E-state index is 12.5. The third-order valence-electron chi connectivity index (χ3n) is 7.55. The molecule has 2 heterocycles. The van der Waals surface area contributed by atoms with E-state index < -0.39 is 10.0 Å². The zero-order valence-corrected chi connectivity index (χ0v) is 21.7. The molecule has 1 unspecified atom stereocenters. The van der Waals surface area contributed by atoms with Gasteiger partial charge in [0.2, 0.25) is 0 Å². The van der Waals surface area contributed by atoms with Crippen LogP contribution < -0.4 is 14.8 Å². The van der Waals surface area contributed by atoms with Crippen LogP contribution in [0.15, 0.2) is 53.7 Å². The van der Waals surface area contributed by atoms with Crippen LogP contribution in [0.2, 0.25) is 5.02 Å². The lowest BCUT2D eigenvalue weighted by atomic mass is 9.58. The second-order valence-corrected chi connectivity index (χ2v) is 11.8. The van der Waals surface area contributed by atoms with Gasteiger partial charge in [-0.3, -0.25) is 0 Å². The van der Waals surface area contributed by atoms with Crippen molar-refractivity contribution in [3.63, 3.8) is 0 Å². The summed E-state index contributed by atoms with van der Waals surface area (Å²) in [7, 11) is -1.89. The molecular formula is C26H32ClN4O3S+. The lowest BCUT2D eigenvalue weighted by Crippen LogP contribution is -2.91. The molecule has 1 atom stereocenters. The molecule has 3 N–H and O–H groups in total. The fourth-order valence-corrected chi connectivity index (χ4v) is 6.60. The Hall–Kier alpha value is -2.39. The number of imidazole rings is 1. The minimum absolute atomic E-state index is 0.0256. The summed E-state index contributed by atoms with van der Waals surface area (Å²) < 4.78 is 35.2. The lowest BCUT2D eigenvalue weighted by molar-refractivity contribution is -0.710. The monoisotopic (exact) mass is 515 g/mol. The van der Waals surface area contributed by atoms with Gasteiger partial charge in [0.15, 0.2) is 5.03 Å². The van der Waals surface area contributed by atoms with Gasteiger partial charge in [-0.25, -0.2) is 18.1 Å². The van der Waals surface area contributed by atoms with Crippen LogP contribution in [0.5, 0.6) is 5.75 Å². The van der Waals surface area contributed by atoms with Crippen molar-refractivity contribution < 1.29 is 18.5 Å². The largest absolute Gasteiger partial charge is 0.492 e. The van der Waals surface area contributed by atoms with Crippen molar-refractivity contribution in [1.82, 2.24) is 14.3 Å². The molecule has 1 saturated carbocycles. The molecule has 186 valence electrons. The molecule has 1 fully saturated rings. The third kappa shape index (κ3) is 4.72. The molecule has 9 heteroatoms. The first-order valence-corrected chi connectivity index (χ1v) is 14.0. The molecule has 0 amide bonds. The molecule has 1 aromatic heterocycles. The van der Waals surface area contributed by atoms with E-state index in [-0.39, 0.29) is 23.6 Å². The van der Waals surface area contributed by atoms with Crippen LogP contribution >= 0.6 is 11.6 Å². The summed E-state index contributed by atoms with van der Waals surface area (Å²) >= 11 is 6.17. The van der Waals surface area contributed by atoms with E-state index in [1.54, 1.807) is 18.5 Å². The Kier molecular flexibility index (Phi) is 6.65. The van der Waals surface area contributed by atoms with Gasteiger partial charge in [0, 0.05) is 36.8 Å². The number of benzene rings is 2. The highest BCUT2D eigenvalue weighted by molar-refractivity contribution is 7.89. The maximum absolute atomic E-state index is 12.5. The fourth-order valence-electron chi connectivity index (χ4n) is 5.43. The highest BCUT2D eigenvalue weighted by Gasteiger charge is 2.50. The van der Waals surface area contributed by atoms with E-state index in [9.17, 15) is 8.42 Å². The Labute approximate surface area is 211 Å². The molecular weight excluding hydrogens is 484 g/mol. The summed E-state index contributed by atoms with van der Waals surface area (Å²) in [5.74, 6) is 1.41. The van der Waals surface area contributed by atoms with E-state index in [2.05, 4.69) is 39.3 Å². The average molecular weight is 516 g/mol. The summed E-state index contributed by atoms with van der Waals surface area (Å²) in [6.07, 6.45) is 6.10. The van der Waals surface area contributed by atoms with Gasteiger partial charge in [-0.1, -0.05) is 36.2 Å². The van der Waals surface area contributed by atoms with Gasteiger partial charge in [0.1, 0.15) is 24.2 Å². The zero-order chi connectivity index (χ0) is 24.6. The van der Waals surface area contributed by atoms with Gasteiger partial charge in [-0.15, -0.1) is 0 Å². The van der Waals surface area contributed by atoms with Gasteiger partial charge < -0.3 is 14.6 Å². The van der Waals surface area contributed by atoms with Crippen LogP contribution in [0.4, 0.5) is 0 Å². The van der Waals surface area contributed by atoms with Crippen LogP contribution in [-0.2, 0) is 28.9 Å². The molecule has 1 aliphatic heterocycles. The number of nitrogens with two attached hydrogens (primary N) is 1. The van der Waals surface area contributed by atoms with Gasteiger partial charge in [-0.2, -0.15) is 0 Å². The number of nitrogens with one attached hydrogen (secondary N) is 1. The molecule has 1 aliphatic carbocycles. The predicted molar refractivity (Wildman–Crippen MR) is 135 cm³/mol. The van der Waals surface area contributed by atoms with Crippen molar-refractivity contribution in [3.8, 4) is 5.75 Å². The van der Waals surface area contributed by atoms with Gasteiger partial charge in [0.25, 0.3) is 10.0 Å². The zero-order valence-electron chi connectivity index (χ0n) is 20.1. The number of sulfonamides is 1. The van der Waals surface area contributed by atoms with Crippen LogP contribution in [0.3, 0.4) is 0 Å². The summed E-state index contributed by atoms with van der Waals surface area (Å²) in [5.41, 5.74) is 4.16. The van der Waals surface area contributed by atoms with Crippen LogP contribution in [-0.4, -0.2) is 37.7 Å². The molecule has 0 saturated heterocycles. The number of aryl methyl sites for hydroxylation is 2. The maximum Gasteiger partial charge on any atom is 0.259 e. The number of halogens is 1. The van der Waals surface area contributed by atoms with Gasteiger partial charge >= 0.3 is 0 Å². The average Bonchev–Trinajstić information content (AvgIpc) is 3.16. The van der Waals surface area contributed by atoms with Crippen molar-refractivity contribution in [1.29, 1.82) is 0 Å². The van der Waals surface area contributed by atoms with E-state index in [0.717, 1.165) is 36.6 Å². The fraction of sp³-hybridized carbons (Fsp3) is 0.423. The van der Waals surface area contributed by atoms with E-state index >= 15 is 0 Å². The van der Waals surface area contributed by atoms with Gasteiger partial charge in [0.05, 0.1) is 12.0 Å². The summed E-state index contributed by atoms with van der Waals surface area (Å²) in [6, 6.07) is 15.0. The smallest absolute Gasteiger partial charge is 0.259 e. The normalized spacial score (nSPS) is 19.1. The Morgan fingerprint density at radius 1 is 1.23 bits per heavy atom. The number of rotatable bonds is 8. The Morgan fingerprint density at radius 3 is 2.66 bits per heavy atom. The second-order valence-electron chi connectivity index (χ2n) is 9.61. The Morgan fingerprint density at radius 2 is 2.00 bits per heavy atom. The SMILES string of the molecule is Cc1nc(S(=O)(=O)NCCOc2ccc3c(c2)C(C2(c4ccc(Cl)cc4)CCC2)[NH2+]CC3)cn1C. The quantitative estimate of drug-likeness (QED) is 0.451. The Balaban J connectivity index is 1.29. The second kappa shape index (κ2) is 9.58. The molecule has 0 radical (unpaired) electrons. The van der Waals surface area contributed by atoms with Gasteiger partial charge in [-0.05, 0) is 55.2 Å². The molecule has 35 heavy (non-hydrogen) atoms. The van der Waals surface area contributed by atoms with Crippen LogP contribution in [0.1, 0.15) is 47.8 Å². The van der Waals surface area contributed by atoms with Crippen LogP contribution in [0, 0.1) is 6.92 Å². The van der Waals surface area contributed by atoms with Crippen molar-refractivity contribution in [2.75, 3.05) is 19.7 Å². The Bertz CT molecular complexity index is 1300. The molecule has 0 spiro atoms. The third-order valence-corrected chi connectivity index (χ3v) is 9.14. The number of fused-ring (bicyclic) bond motifs is 1. The number of ether oxygens (including phenoxy) is 1. The minimum Gasteiger partial charge on any atom is -0.492 e. The van der Waals surface area contributed by atoms with E-state index in [4.69, 9.17) is 16.3 Å². The number of aromatic nitrogens is 2. The topological polar surface area (TPSA) is 89.8 Å². The molecule has 2 aliphatic rings. The molecule has 5 rings (SSSR count). The number of hydrogen-bond acceptors (Lipinski definition) is 4. The van der Waals surface area contributed by atoms with E-state index in [1.165, 1.54) is 29.3 Å².